The van der Waals surface area contributed by atoms with E-state index in [0.717, 1.165) is 0 Å². The number of hydrogen-bond donors (Lipinski definition) is 2. The molecule has 15 nitrogen and oxygen atoms in total. The first kappa shape index (κ1) is 49.3. The highest BCUT2D eigenvalue weighted by molar-refractivity contribution is 7.10. The van der Waals surface area contributed by atoms with E-state index in [4.69, 9.17) is 14.5 Å². The van der Waals surface area contributed by atoms with Gasteiger partial charge in [-0.25, -0.2) is 10.4 Å². The first-order chi connectivity index (χ1) is 31.7. The molecule has 19 heteroatoms. The van der Waals surface area contributed by atoms with Gasteiger partial charge in [-0.3, -0.25) is 34.0 Å². The summed E-state index contributed by atoms with van der Waals surface area (Å²) in [5, 5.41) is 7.10. The van der Waals surface area contributed by atoms with Crippen LogP contribution in [0.1, 0.15) is 76.3 Å². The van der Waals surface area contributed by atoms with Gasteiger partial charge in [-0.2, -0.15) is 13.2 Å². The maximum absolute atomic E-state index is 14.6. The largest absolute Gasteiger partial charge is 0.464 e. The Hall–Kier alpha value is -5.66. The number of nitrogens with one attached hydrogen (secondary N) is 2. The molecule has 4 aromatic rings. The molecule has 0 aliphatic carbocycles. The molecule has 0 saturated carbocycles. The van der Waals surface area contributed by atoms with Crippen molar-refractivity contribution in [3.63, 3.8) is 0 Å². The highest BCUT2D eigenvalue weighted by Gasteiger charge is 2.41. The number of methoxy groups -OCH3 is 1. The molecule has 67 heavy (non-hydrogen) atoms. The third kappa shape index (κ3) is 10.7. The van der Waals surface area contributed by atoms with Crippen LogP contribution in [-0.4, -0.2) is 124 Å². The van der Waals surface area contributed by atoms with Gasteiger partial charge >= 0.3 is 12.1 Å². The Morgan fingerprint density at radius 2 is 1.91 bits per heavy atom. The van der Waals surface area contributed by atoms with Gasteiger partial charge in [-0.05, 0) is 74.4 Å². The zero-order valence-electron chi connectivity index (χ0n) is 38.9. The highest BCUT2D eigenvalue weighted by atomic mass is 32.1. The van der Waals surface area contributed by atoms with Gasteiger partial charge in [0.05, 0.1) is 40.7 Å². The lowest BCUT2D eigenvalue weighted by atomic mass is 9.84. The molecule has 2 saturated heterocycles. The van der Waals surface area contributed by atoms with E-state index in [-0.39, 0.29) is 50.3 Å². The third-order valence-electron chi connectivity index (χ3n) is 12.9. The summed E-state index contributed by atoms with van der Waals surface area (Å²) in [7, 11) is 3.06. The van der Waals surface area contributed by atoms with Gasteiger partial charge in [0, 0.05) is 79.2 Å². The average Bonchev–Trinajstić information content (AvgIpc) is 4.05. The molecule has 0 spiro atoms. The second-order valence-electron chi connectivity index (χ2n) is 18.8. The van der Waals surface area contributed by atoms with Crippen molar-refractivity contribution in [3.05, 3.63) is 70.8 Å². The zero-order chi connectivity index (χ0) is 48.5. The SMILES string of the molecule is C=CC(=O)N1CC[C@H](C(=O)N(C)C(C(=O)N[C@H]2Cc3nc(cs3)-c3ccc4c(c3)c(c(-c3cccnc3[C@H](C)OC)n4CC(F)(F)F)CC(C)(C)COC(=O)[C@@H]3CCCN(N3)C2=O)C(C)C)C1. The number of hydrazine groups is 1. The van der Waals surface area contributed by atoms with Crippen molar-refractivity contribution >= 4 is 51.8 Å². The van der Waals surface area contributed by atoms with E-state index in [1.807, 2.05) is 19.9 Å². The van der Waals surface area contributed by atoms with Crippen molar-refractivity contribution in [2.24, 2.45) is 17.3 Å². The summed E-state index contributed by atoms with van der Waals surface area (Å²) in [5.41, 5.74) is 5.56. The number of ether oxygens (including phenoxy) is 2. The normalized spacial score (nSPS) is 21.1. The number of thiazole rings is 1. The molecule has 7 rings (SSSR count). The lowest BCUT2D eigenvalue weighted by molar-refractivity contribution is -0.155. The predicted octanol–water partition coefficient (Wildman–Crippen LogP) is 6.26. The van der Waals surface area contributed by atoms with Crippen molar-refractivity contribution < 1.29 is 46.6 Å². The number of cyclic esters (lactones) is 1. The molecule has 2 fully saturated rings. The number of benzene rings is 1. The number of fused-ring (bicyclic) bond motifs is 6. The van der Waals surface area contributed by atoms with Crippen LogP contribution in [0.15, 0.2) is 54.6 Å². The van der Waals surface area contributed by atoms with Crippen molar-refractivity contribution in [1.82, 2.24) is 40.1 Å². The summed E-state index contributed by atoms with van der Waals surface area (Å²) < 4.78 is 56.8. The Morgan fingerprint density at radius 3 is 2.61 bits per heavy atom. The van der Waals surface area contributed by atoms with Crippen LogP contribution < -0.4 is 10.7 Å². The zero-order valence-corrected chi connectivity index (χ0v) is 39.8. The minimum absolute atomic E-state index is 0.0540. The van der Waals surface area contributed by atoms with E-state index < -0.39 is 66.1 Å². The van der Waals surface area contributed by atoms with Gasteiger partial charge in [0.1, 0.15) is 24.7 Å². The second-order valence-corrected chi connectivity index (χ2v) is 19.8. The number of amides is 4. The fourth-order valence-electron chi connectivity index (χ4n) is 9.48. The Labute approximate surface area is 392 Å². The maximum atomic E-state index is 14.6. The number of rotatable bonds is 10. The number of carbonyl (C=O) groups is 5. The number of alkyl halides is 3. The molecule has 0 radical (unpaired) electrons. The Balaban J connectivity index is 1.30. The summed E-state index contributed by atoms with van der Waals surface area (Å²) in [4.78, 5) is 81.4. The molecular weight excluding hydrogens is 890 g/mol. The number of nitrogens with zero attached hydrogens (tertiary/aromatic N) is 6. The number of carbonyl (C=O) groups excluding carboxylic acids is 5. The third-order valence-corrected chi connectivity index (χ3v) is 13.7. The molecule has 2 N–H and O–H groups in total. The fourth-order valence-corrected chi connectivity index (χ4v) is 10.3. The van der Waals surface area contributed by atoms with Crippen molar-refractivity contribution in [1.29, 1.82) is 0 Å². The van der Waals surface area contributed by atoms with Crippen LogP contribution in [0, 0.1) is 17.3 Å². The van der Waals surface area contributed by atoms with E-state index in [9.17, 15) is 37.1 Å². The van der Waals surface area contributed by atoms with Gasteiger partial charge < -0.3 is 29.2 Å². The quantitative estimate of drug-likeness (QED) is 0.137. The molecule has 3 aliphatic heterocycles. The van der Waals surface area contributed by atoms with Crippen molar-refractivity contribution in [2.45, 2.75) is 104 Å². The smallest absolute Gasteiger partial charge is 0.406 e. The van der Waals surface area contributed by atoms with E-state index in [1.54, 1.807) is 68.6 Å². The molecule has 6 bridgehead atoms. The maximum Gasteiger partial charge on any atom is 0.406 e. The summed E-state index contributed by atoms with van der Waals surface area (Å²) in [5.74, 6) is -3.17. The van der Waals surface area contributed by atoms with Crippen LogP contribution in [0.2, 0.25) is 0 Å². The van der Waals surface area contributed by atoms with Crippen LogP contribution in [-0.2, 0) is 52.8 Å². The van der Waals surface area contributed by atoms with Crippen LogP contribution >= 0.6 is 11.3 Å². The second kappa shape index (κ2) is 19.9. The lowest BCUT2D eigenvalue weighted by Gasteiger charge is -2.36. The number of esters is 1. The topological polar surface area (TPSA) is 168 Å². The highest BCUT2D eigenvalue weighted by Crippen LogP contribution is 2.43. The van der Waals surface area contributed by atoms with E-state index >= 15 is 0 Å². The van der Waals surface area contributed by atoms with Crippen LogP contribution in [0.4, 0.5) is 13.2 Å². The minimum Gasteiger partial charge on any atom is -0.464 e. The Morgan fingerprint density at radius 1 is 1.15 bits per heavy atom. The van der Waals surface area contributed by atoms with Gasteiger partial charge in [0.15, 0.2) is 0 Å². The Kier molecular flexibility index (Phi) is 14.6. The molecule has 4 amide bonds. The number of likely N-dealkylation sites (N-methyl/N-ethyl adjacent to an activating group) is 1. The summed E-state index contributed by atoms with van der Waals surface area (Å²) in [6.07, 6.45) is -0.992. The number of pyridine rings is 1. The molecule has 3 aliphatic rings. The molecule has 360 valence electrons. The predicted molar refractivity (Wildman–Crippen MR) is 246 cm³/mol. The van der Waals surface area contributed by atoms with Gasteiger partial charge in [0.2, 0.25) is 17.7 Å². The number of aromatic nitrogens is 3. The molecule has 1 unspecified atom stereocenters. The summed E-state index contributed by atoms with van der Waals surface area (Å²) in [6, 6.07) is 5.52. The van der Waals surface area contributed by atoms with Gasteiger partial charge in [0.25, 0.3) is 5.91 Å². The first-order valence-electron chi connectivity index (χ1n) is 22.6. The van der Waals surface area contributed by atoms with E-state index in [2.05, 4.69) is 22.3 Å². The fraction of sp³-hybridized carbons (Fsp3) is 0.521. The lowest BCUT2D eigenvalue weighted by Crippen LogP contribution is -2.62. The number of halogens is 3. The summed E-state index contributed by atoms with van der Waals surface area (Å²) in [6.45, 7) is 12.1. The average molecular weight is 949 g/mol. The molecule has 5 atom stereocenters. The van der Waals surface area contributed by atoms with E-state index in [0.29, 0.717) is 75.5 Å². The van der Waals surface area contributed by atoms with Crippen molar-refractivity contribution in [3.8, 4) is 22.5 Å². The Bertz CT molecular complexity index is 2540. The van der Waals surface area contributed by atoms with Gasteiger partial charge in [-0.15, -0.1) is 11.3 Å². The molecule has 3 aromatic heterocycles. The first-order valence-corrected chi connectivity index (χ1v) is 23.5. The molecule has 1 aromatic carbocycles. The van der Waals surface area contributed by atoms with Gasteiger partial charge in [-0.1, -0.05) is 40.3 Å². The standard InChI is InChI=1S/C48H59F3N8O7S/c1-9-39(60)57-19-16-30(23-57)44(62)56(7)41(27(2)3)43(61)54-35-21-38-53-36(24-67-38)29-14-15-37-32(20-29)33(22-47(5,6)26-66-46(64)34-13-11-18-59(55-34)45(35)63)42(58(37)25-48(49,50)51)31-12-10-17-52-40(31)28(4)65-8/h9-10,12,14-15,17,20,24,27-28,30,34-35,41,55H,1,11,13,16,18-19,21-23,25-26H2,2-8H3,(H,54,61)/t28-,30-,34-,35-,41?/m0/s1. The van der Waals surface area contributed by atoms with Crippen LogP contribution in [0.3, 0.4) is 0 Å². The summed E-state index contributed by atoms with van der Waals surface area (Å²) >= 11 is 1.26. The number of likely N-dealkylation sites (tertiary alicyclic amines) is 1. The molecule has 6 heterocycles. The minimum atomic E-state index is -4.59. The monoisotopic (exact) mass is 948 g/mol. The van der Waals surface area contributed by atoms with Crippen molar-refractivity contribution in [2.75, 3.05) is 40.4 Å². The van der Waals surface area contributed by atoms with E-state index in [1.165, 1.54) is 39.0 Å². The van der Waals surface area contributed by atoms with Crippen LogP contribution in [0.25, 0.3) is 33.4 Å². The van der Waals surface area contributed by atoms with Crippen LogP contribution in [0.5, 0.6) is 0 Å². The molecular formula is C48H59F3N8O7S. The number of hydrogen-bond acceptors (Lipinski definition) is 11.